The molecule has 0 aliphatic heterocycles. The molecule has 1 aliphatic carbocycles. The maximum absolute atomic E-state index is 12.4. The molecular formula is C15H16FN3O2. The molecule has 0 unspecified atom stereocenters. The minimum Gasteiger partial charge on any atom is -0.489 e. The molecule has 0 atom stereocenters. The van der Waals surface area contributed by atoms with E-state index >= 15 is 0 Å². The normalized spacial score (nSPS) is 15.2. The lowest BCUT2D eigenvalue weighted by molar-refractivity contribution is 0.347. The zero-order chi connectivity index (χ0) is 14.7. The van der Waals surface area contributed by atoms with E-state index in [4.69, 9.17) is 15.0 Å². The van der Waals surface area contributed by atoms with Crippen molar-refractivity contribution in [1.29, 1.82) is 0 Å². The predicted molar refractivity (Wildman–Crippen MR) is 75.4 cm³/mol. The molecule has 1 aromatic heterocycles. The summed E-state index contributed by atoms with van der Waals surface area (Å²) in [7, 11) is 0. The van der Waals surface area contributed by atoms with Crippen LogP contribution in [-0.2, 0) is 0 Å². The summed E-state index contributed by atoms with van der Waals surface area (Å²) in [6, 6.07) is 7.23. The van der Waals surface area contributed by atoms with E-state index in [0.29, 0.717) is 29.5 Å². The monoisotopic (exact) mass is 289 g/mol. The summed E-state index contributed by atoms with van der Waals surface area (Å²) < 4.78 is 23.1. The van der Waals surface area contributed by atoms with Crippen LogP contribution in [0.2, 0.25) is 0 Å². The first-order chi connectivity index (χ1) is 10.3. The van der Waals surface area contributed by atoms with E-state index < -0.39 is 0 Å². The van der Waals surface area contributed by atoms with E-state index in [9.17, 15) is 4.39 Å². The number of nitrogens with two attached hydrogens (primary N) is 1. The first-order valence-corrected chi connectivity index (χ1v) is 6.85. The van der Waals surface area contributed by atoms with Gasteiger partial charge in [-0.25, -0.2) is 4.39 Å². The molecule has 21 heavy (non-hydrogen) atoms. The Morgan fingerprint density at radius 3 is 2.76 bits per heavy atom. The van der Waals surface area contributed by atoms with E-state index in [-0.39, 0.29) is 13.2 Å². The van der Waals surface area contributed by atoms with Gasteiger partial charge in [0.2, 0.25) is 0 Å². The zero-order valence-electron chi connectivity index (χ0n) is 11.5. The van der Waals surface area contributed by atoms with Gasteiger partial charge in [0, 0.05) is 23.6 Å². The van der Waals surface area contributed by atoms with Crippen LogP contribution in [-0.4, -0.2) is 23.3 Å². The molecule has 5 nitrogen and oxygen atoms in total. The molecule has 3 rings (SSSR count). The lowest BCUT2D eigenvalue weighted by Crippen LogP contribution is -2.10. The Labute approximate surface area is 121 Å². The summed E-state index contributed by atoms with van der Waals surface area (Å²) in [6.07, 6.45) is 2.75. The third kappa shape index (κ3) is 3.28. The fraction of sp³-hybridized carbons (Fsp3) is 0.333. The van der Waals surface area contributed by atoms with Gasteiger partial charge in [-0.05, 0) is 37.1 Å². The molecule has 1 aliphatic rings. The first kappa shape index (κ1) is 13.8. The molecule has 0 amide bonds. The highest BCUT2D eigenvalue weighted by Gasteiger charge is 2.28. The number of nitrogens with zero attached hydrogens (tertiary/aromatic N) is 2. The third-order valence-corrected chi connectivity index (χ3v) is 3.33. The first-order valence-electron chi connectivity index (χ1n) is 6.85. The van der Waals surface area contributed by atoms with Crippen LogP contribution in [0.5, 0.6) is 5.75 Å². The predicted octanol–water partition coefficient (Wildman–Crippen LogP) is 2.80. The van der Waals surface area contributed by atoms with Crippen LogP contribution in [0.15, 0.2) is 40.7 Å². The molecule has 0 saturated heterocycles. The van der Waals surface area contributed by atoms with E-state index in [1.54, 1.807) is 12.1 Å². The Hall–Kier alpha value is -2.21. The van der Waals surface area contributed by atoms with Crippen LogP contribution in [0.1, 0.15) is 24.6 Å². The van der Waals surface area contributed by atoms with Crippen molar-refractivity contribution in [3.05, 3.63) is 42.0 Å². The largest absolute Gasteiger partial charge is 0.489 e. The lowest BCUT2D eigenvalue weighted by atomic mass is 10.2. The van der Waals surface area contributed by atoms with Crippen molar-refractivity contribution >= 4 is 0 Å². The van der Waals surface area contributed by atoms with Crippen molar-refractivity contribution in [2.75, 3.05) is 13.2 Å². The summed E-state index contributed by atoms with van der Waals surface area (Å²) >= 11 is 0. The molecule has 2 aromatic rings. The summed E-state index contributed by atoms with van der Waals surface area (Å²) in [6.45, 7) is 0.277. The molecule has 1 heterocycles. The highest BCUT2D eigenvalue weighted by Crippen LogP contribution is 2.38. The van der Waals surface area contributed by atoms with Crippen molar-refractivity contribution in [2.45, 2.75) is 18.8 Å². The van der Waals surface area contributed by atoms with Crippen molar-refractivity contribution in [1.82, 2.24) is 10.1 Å². The minimum atomic E-state index is 0.138. The Morgan fingerprint density at radius 2 is 2.14 bits per heavy atom. The van der Waals surface area contributed by atoms with Crippen LogP contribution < -0.4 is 10.5 Å². The molecule has 1 saturated carbocycles. The fourth-order valence-electron chi connectivity index (χ4n) is 1.86. The molecular weight excluding hydrogens is 273 g/mol. The van der Waals surface area contributed by atoms with Gasteiger partial charge in [-0.1, -0.05) is 5.16 Å². The van der Waals surface area contributed by atoms with Crippen molar-refractivity contribution in [2.24, 2.45) is 5.73 Å². The van der Waals surface area contributed by atoms with E-state index in [1.165, 1.54) is 0 Å². The van der Waals surface area contributed by atoms with E-state index in [0.717, 1.165) is 24.2 Å². The second-order valence-corrected chi connectivity index (χ2v) is 5.02. The summed E-state index contributed by atoms with van der Waals surface area (Å²) in [5.41, 5.74) is 6.61. The highest BCUT2D eigenvalue weighted by molar-refractivity contribution is 5.54. The van der Waals surface area contributed by atoms with Gasteiger partial charge < -0.3 is 15.0 Å². The number of aromatic nitrogens is 2. The van der Waals surface area contributed by atoms with Crippen LogP contribution in [0, 0.1) is 0 Å². The molecule has 6 heteroatoms. The smallest absolute Gasteiger partial charge is 0.257 e. The van der Waals surface area contributed by atoms with Gasteiger partial charge in [-0.3, -0.25) is 0 Å². The van der Waals surface area contributed by atoms with Crippen LogP contribution in [0.4, 0.5) is 4.39 Å². The molecule has 0 bridgehead atoms. The molecule has 0 spiro atoms. The Kier molecular flexibility index (Phi) is 3.96. The highest BCUT2D eigenvalue weighted by atomic mass is 19.1. The van der Waals surface area contributed by atoms with Crippen molar-refractivity contribution in [3.8, 4) is 17.2 Å². The van der Waals surface area contributed by atoms with Crippen molar-refractivity contribution < 1.29 is 13.7 Å². The molecule has 2 N–H and O–H groups in total. The van der Waals surface area contributed by atoms with E-state index in [2.05, 4.69) is 10.1 Å². The summed E-state index contributed by atoms with van der Waals surface area (Å²) in [5, 5.41) is 3.98. The zero-order valence-corrected chi connectivity index (χ0v) is 11.5. The average molecular weight is 289 g/mol. The minimum absolute atomic E-state index is 0.138. The van der Waals surface area contributed by atoms with Gasteiger partial charge >= 0.3 is 0 Å². The van der Waals surface area contributed by atoms with Gasteiger partial charge in [0.05, 0.1) is 6.33 Å². The number of hydrogen-bond donors (Lipinski definition) is 1. The lowest BCUT2D eigenvalue weighted by Gasteiger charge is -2.07. The number of benzene rings is 1. The number of hydrogen-bond acceptors (Lipinski definition) is 5. The molecule has 110 valence electrons. The van der Waals surface area contributed by atoms with Crippen molar-refractivity contribution in [3.63, 3.8) is 0 Å². The average Bonchev–Trinajstić information content (AvgIpc) is 3.26. The van der Waals surface area contributed by atoms with Gasteiger partial charge in [-0.15, -0.1) is 0 Å². The molecule has 1 fully saturated rings. The summed E-state index contributed by atoms with van der Waals surface area (Å²) in [4.78, 5) is 4.38. The SMILES string of the molecule is NC/C(=C\F)COc1ccc(-c2nc(C3CC3)no2)cc1. The number of rotatable bonds is 6. The van der Waals surface area contributed by atoms with Crippen LogP contribution in [0.3, 0.4) is 0 Å². The topological polar surface area (TPSA) is 74.2 Å². The van der Waals surface area contributed by atoms with E-state index in [1.807, 2.05) is 12.1 Å². The Balaban J connectivity index is 1.65. The molecule has 1 aromatic carbocycles. The maximum atomic E-state index is 12.4. The standard InChI is InChI=1S/C15H16FN3O2/c16-7-10(8-17)9-20-13-5-3-12(4-6-13)15-18-14(19-21-15)11-1-2-11/h3-7,11H,1-2,8-9,17H2/b10-7+. The number of ether oxygens (including phenoxy) is 1. The third-order valence-electron chi connectivity index (χ3n) is 3.33. The fourth-order valence-corrected chi connectivity index (χ4v) is 1.86. The quantitative estimate of drug-likeness (QED) is 0.885. The Morgan fingerprint density at radius 1 is 1.38 bits per heavy atom. The maximum Gasteiger partial charge on any atom is 0.257 e. The number of halogens is 1. The van der Waals surface area contributed by atoms with Gasteiger partial charge in [-0.2, -0.15) is 4.98 Å². The molecule has 0 radical (unpaired) electrons. The summed E-state index contributed by atoms with van der Waals surface area (Å²) in [5.74, 6) is 2.39. The van der Waals surface area contributed by atoms with Gasteiger partial charge in [0.1, 0.15) is 12.4 Å². The van der Waals surface area contributed by atoms with Crippen LogP contribution in [0.25, 0.3) is 11.5 Å². The Bertz CT molecular complexity index is 633. The van der Waals surface area contributed by atoms with Gasteiger partial charge in [0.15, 0.2) is 5.82 Å². The van der Waals surface area contributed by atoms with Gasteiger partial charge in [0.25, 0.3) is 5.89 Å². The van der Waals surface area contributed by atoms with Crippen LogP contribution >= 0.6 is 0 Å². The second-order valence-electron chi connectivity index (χ2n) is 5.02. The second kappa shape index (κ2) is 6.05.